The van der Waals surface area contributed by atoms with Crippen molar-refractivity contribution >= 4 is 11.3 Å². The van der Waals surface area contributed by atoms with Crippen LogP contribution in [0.3, 0.4) is 0 Å². The maximum Gasteiger partial charge on any atom is 0.0431 e. The maximum atomic E-state index is 8.66. The Kier molecular flexibility index (Phi) is 5.15. The van der Waals surface area contributed by atoms with Crippen LogP contribution in [0, 0.1) is 6.92 Å². The van der Waals surface area contributed by atoms with Gasteiger partial charge in [-0.15, -0.1) is 11.3 Å². The van der Waals surface area contributed by atoms with Crippen LogP contribution in [0.2, 0.25) is 0 Å². The van der Waals surface area contributed by atoms with E-state index in [9.17, 15) is 0 Å². The van der Waals surface area contributed by atoms with E-state index in [4.69, 9.17) is 5.11 Å². The van der Waals surface area contributed by atoms with Gasteiger partial charge in [-0.2, -0.15) is 0 Å². The lowest BCUT2D eigenvalue weighted by Crippen LogP contribution is -2.18. The average Bonchev–Trinajstić information content (AvgIpc) is 2.52. The summed E-state index contributed by atoms with van der Waals surface area (Å²) in [5.41, 5.74) is 0. The van der Waals surface area contributed by atoms with Crippen LogP contribution in [0.25, 0.3) is 0 Å². The molecule has 0 fully saturated rings. The number of aliphatic hydroxyl groups excluding tert-OH is 1. The fourth-order valence-electron chi connectivity index (χ4n) is 1.41. The monoisotopic (exact) mass is 213 g/mol. The third-order valence-electron chi connectivity index (χ3n) is 2.17. The first kappa shape index (κ1) is 11.7. The van der Waals surface area contributed by atoms with Crippen molar-refractivity contribution < 1.29 is 5.11 Å². The Hall–Kier alpha value is -0.380. The summed E-state index contributed by atoms with van der Waals surface area (Å²) >= 11 is 1.86. The van der Waals surface area contributed by atoms with Gasteiger partial charge in [-0.3, -0.25) is 0 Å². The quantitative estimate of drug-likeness (QED) is 0.733. The summed E-state index contributed by atoms with van der Waals surface area (Å²) in [6.45, 7) is 4.55. The van der Waals surface area contributed by atoms with E-state index in [0.29, 0.717) is 6.61 Å². The Morgan fingerprint density at radius 3 is 2.71 bits per heavy atom. The Morgan fingerprint density at radius 1 is 1.36 bits per heavy atom. The van der Waals surface area contributed by atoms with Crippen molar-refractivity contribution in [3.63, 3.8) is 0 Å². The van der Waals surface area contributed by atoms with Crippen molar-refractivity contribution in [1.82, 2.24) is 4.90 Å². The van der Waals surface area contributed by atoms with Gasteiger partial charge >= 0.3 is 0 Å². The topological polar surface area (TPSA) is 23.5 Å². The van der Waals surface area contributed by atoms with Crippen LogP contribution >= 0.6 is 11.3 Å². The highest BCUT2D eigenvalue weighted by Gasteiger charge is 2.01. The number of nitrogens with zero attached hydrogens (tertiary/aromatic N) is 1. The van der Waals surface area contributed by atoms with Crippen molar-refractivity contribution in [3.05, 3.63) is 21.9 Å². The van der Waals surface area contributed by atoms with Crippen molar-refractivity contribution in [2.24, 2.45) is 0 Å². The number of hydrogen-bond acceptors (Lipinski definition) is 3. The normalized spacial score (nSPS) is 11.1. The van der Waals surface area contributed by atoms with Crippen molar-refractivity contribution in [2.75, 3.05) is 20.2 Å². The van der Waals surface area contributed by atoms with E-state index in [1.165, 1.54) is 9.75 Å². The van der Waals surface area contributed by atoms with E-state index in [2.05, 4.69) is 31.0 Å². The molecule has 14 heavy (non-hydrogen) atoms. The predicted octanol–water partition coefficient (Wildman–Crippen LogP) is 2.26. The molecule has 1 N–H and O–H groups in total. The molecule has 0 aromatic carbocycles. The molecular formula is C11H19NOS. The van der Waals surface area contributed by atoms with Crippen molar-refractivity contribution in [3.8, 4) is 0 Å². The number of aliphatic hydroxyl groups is 1. The lowest BCUT2D eigenvalue weighted by atomic mass is 10.3. The highest BCUT2D eigenvalue weighted by Crippen LogP contribution is 2.16. The Bertz CT molecular complexity index is 260. The van der Waals surface area contributed by atoms with Gasteiger partial charge in [-0.1, -0.05) is 0 Å². The third-order valence-corrected chi connectivity index (χ3v) is 3.16. The van der Waals surface area contributed by atoms with E-state index in [0.717, 1.165) is 25.9 Å². The van der Waals surface area contributed by atoms with Crippen LogP contribution in [0.15, 0.2) is 12.1 Å². The second-order valence-corrected chi connectivity index (χ2v) is 5.05. The molecule has 0 spiro atoms. The highest BCUT2D eigenvalue weighted by atomic mass is 32.1. The molecule has 1 aromatic heterocycles. The molecule has 2 nitrogen and oxygen atoms in total. The standard InChI is InChI=1S/C11H19NOS/c1-10-5-6-11(14-10)9-12(2)7-3-4-8-13/h5-6,13H,3-4,7-9H2,1-2H3. The number of thiophene rings is 1. The van der Waals surface area contributed by atoms with E-state index in [1.54, 1.807) is 0 Å². The summed E-state index contributed by atoms with van der Waals surface area (Å²) in [5, 5.41) is 8.66. The zero-order valence-corrected chi connectivity index (χ0v) is 9.81. The summed E-state index contributed by atoms with van der Waals surface area (Å²) in [7, 11) is 2.13. The largest absolute Gasteiger partial charge is 0.396 e. The molecule has 0 saturated carbocycles. The molecule has 80 valence electrons. The SMILES string of the molecule is Cc1ccc(CN(C)CCCCO)s1. The van der Waals surface area contributed by atoms with Crippen LogP contribution in [0.4, 0.5) is 0 Å². The summed E-state index contributed by atoms with van der Waals surface area (Å²) in [5.74, 6) is 0. The molecular weight excluding hydrogens is 194 g/mol. The van der Waals surface area contributed by atoms with Crippen LogP contribution in [0.1, 0.15) is 22.6 Å². The molecule has 1 aromatic rings. The second-order valence-electron chi connectivity index (χ2n) is 3.68. The molecule has 0 atom stereocenters. The lowest BCUT2D eigenvalue weighted by Gasteiger charge is -2.14. The molecule has 0 saturated heterocycles. The van der Waals surface area contributed by atoms with E-state index >= 15 is 0 Å². The first-order valence-corrected chi connectivity index (χ1v) is 5.88. The van der Waals surface area contributed by atoms with Gasteiger partial charge in [0, 0.05) is 22.9 Å². The fraction of sp³-hybridized carbons (Fsp3) is 0.636. The zero-order valence-electron chi connectivity index (χ0n) is 8.99. The van der Waals surface area contributed by atoms with Gasteiger partial charge in [-0.25, -0.2) is 0 Å². The summed E-state index contributed by atoms with van der Waals surface area (Å²) in [6, 6.07) is 4.37. The summed E-state index contributed by atoms with van der Waals surface area (Å²) < 4.78 is 0. The Morgan fingerprint density at radius 2 is 2.14 bits per heavy atom. The van der Waals surface area contributed by atoms with E-state index in [-0.39, 0.29) is 0 Å². The zero-order chi connectivity index (χ0) is 10.4. The van der Waals surface area contributed by atoms with Gasteiger partial charge in [-0.05, 0) is 45.5 Å². The Balaban J connectivity index is 2.23. The number of rotatable bonds is 6. The van der Waals surface area contributed by atoms with Crippen molar-refractivity contribution in [2.45, 2.75) is 26.3 Å². The second kappa shape index (κ2) is 6.17. The van der Waals surface area contributed by atoms with Crippen LogP contribution in [-0.2, 0) is 6.54 Å². The highest BCUT2D eigenvalue weighted by molar-refractivity contribution is 7.11. The Labute approximate surface area is 90.2 Å². The van der Waals surface area contributed by atoms with Gasteiger partial charge in [0.2, 0.25) is 0 Å². The predicted molar refractivity (Wildman–Crippen MR) is 61.7 cm³/mol. The lowest BCUT2D eigenvalue weighted by molar-refractivity contribution is 0.262. The average molecular weight is 213 g/mol. The first-order chi connectivity index (χ1) is 6.72. The van der Waals surface area contributed by atoms with Gasteiger partial charge in [0.25, 0.3) is 0 Å². The smallest absolute Gasteiger partial charge is 0.0431 e. The van der Waals surface area contributed by atoms with Gasteiger partial charge < -0.3 is 10.0 Å². The van der Waals surface area contributed by atoms with E-state index in [1.807, 2.05) is 11.3 Å². The number of hydrogen-bond donors (Lipinski definition) is 1. The summed E-state index contributed by atoms with van der Waals surface area (Å²) in [6.07, 6.45) is 1.99. The molecule has 0 unspecified atom stereocenters. The number of aryl methyl sites for hydroxylation is 1. The minimum atomic E-state index is 0.311. The van der Waals surface area contributed by atoms with Gasteiger partial charge in [0.05, 0.1) is 0 Å². The minimum Gasteiger partial charge on any atom is -0.396 e. The molecule has 0 radical (unpaired) electrons. The first-order valence-electron chi connectivity index (χ1n) is 5.07. The molecule has 0 aliphatic heterocycles. The molecule has 1 heterocycles. The third kappa shape index (κ3) is 4.22. The molecule has 1 rings (SSSR count). The van der Waals surface area contributed by atoms with Gasteiger partial charge in [0.15, 0.2) is 0 Å². The summed E-state index contributed by atoms with van der Waals surface area (Å²) in [4.78, 5) is 5.11. The molecule has 0 bridgehead atoms. The van der Waals surface area contributed by atoms with E-state index < -0.39 is 0 Å². The maximum absolute atomic E-state index is 8.66. The molecule has 0 aliphatic carbocycles. The molecule has 3 heteroatoms. The fourth-order valence-corrected chi connectivity index (χ4v) is 2.38. The molecule has 0 aliphatic rings. The van der Waals surface area contributed by atoms with Crippen LogP contribution in [0.5, 0.6) is 0 Å². The number of unbranched alkanes of at least 4 members (excludes halogenated alkanes) is 1. The van der Waals surface area contributed by atoms with Crippen LogP contribution < -0.4 is 0 Å². The van der Waals surface area contributed by atoms with Crippen molar-refractivity contribution in [1.29, 1.82) is 0 Å². The van der Waals surface area contributed by atoms with Gasteiger partial charge in [0.1, 0.15) is 0 Å². The minimum absolute atomic E-state index is 0.311. The molecule has 0 amide bonds. The van der Waals surface area contributed by atoms with Crippen LogP contribution in [-0.4, -0.2) is 30.2 Å².